The Hall–Kier alpha value is -3.09. The maximum atomic E-state index is 13.4. The summed E-state index contributed by atoms with van der Waals surface area (Å²) in [4.78, 5) is 28.6. The summed E-state index contributed by atoms with van der Waals surface area (Å²) in [6, 6.07) is 10.0. The van der Waals surface area contributed by atoms with Gasteiger partial charge in [-0.15, -0.1) is 0 Å². The number of anilines is 2. The molecule has 162 valence electrons. The number of hydrogen-bond donors (Lipinski definition) is 0. The second-order valence-corrected chi connectivity index (χ2v) is 8.05. The van der Waals surface area contributed by atoms with Crippen molar-refractivity contribution in [3.63, 3.8) is 0 Å². The molecule has 0 atom stereocenters. The van der Waals surface area contributed by atoms with Crippen LogP contribution in [0.3, 0.4) is 0 Å². The average Bonchev–Trinajstić information content (AvgIpc) is 3.59. The molecule has 0 radical (unpaired) electrons. The fraction of sp³-hybridized carbons (Fsp3) is 0.333. The molecule has 7 heteroatoms. The van der Waals surface area contributed by atoms with Crippen LogP contribution in [0.1, 0.15) is 40.7 Å². The van der Waals surface area contributed by atoms with Crippen molar-refractivity contribution in [1.29, 1.82) is 0 Å². The van der Waals surface area contributed by atoms with Gasteiger partial charge >= 0.3 is 6.18 Å². The van der Waals surface area contributed by atoms with Gasteiger partial charge in [-0.1, -0.05) is 12.6 Å². The monoisotopic (exact) mass is 428 g/mol. The highest BCUT2D eigenvalue weighted by Gasteiger charge is 2.33. The summed E-state index contributed by atoms with van der Waals surface area (Å²) in [6.07, 6.45) is 0.209. The van der Waals surface area contributed by atoms with Crippen LogP contribution < -0.4 is 9.80 Å². The predicted molar refractivity (Wildman–Crippen MR) is 113 cm³/mol. The first-order valence-electron chi connectivity index (χ1n) is 10.3. The summed E-state index contributed by atoms with van der Waals surface area (Å²) >= 11 is 0. The highest BCUT2D eigenvalue weighted by Crippen LogP contribution is 2.36. The molecular formula is C24H23F3N2O2. The Labute approximate surface area is 179 Å². The first-order chi connectivity index (χ1) is 14.8. The largest absolute Gasteiger partial charge is 0.416 e. The van der Waals surface area contributed by atoms with E-state index in [9.17, 15) is 22.8 Å². The number of alkyl halides is 3. The summed E-state index contributed by atoms with van der Waals surface area (Å²) < 4.78 is 39.6. The predicted octanol–water partition coefficient (Wildman–Crippen LogP) is 5.23. The van der Waals surface area contributed by atoms with Crippen LogP contribution in [0.5, 0.6) is 0 Å². The highest BCUT2D eigenvalue weighted by atomic mass is 19.4. The molecule has 1 heterocycles. The lowest BCUT2D eigenvalue weighted by Gasteiger charge is -2.29. The van der Waals surface area contributed by atoms with Crippen molar-refractivity contribution in [3.8, 4) is 0 Å². The van der Waals surface area contributed by atoms with Gasteiger partial charge in [-0.3, -0.25) is 9.59 Å². The van der Waals surface area contributed by atoms with E-state index in [1.54, 1.807) is 29.2 Å². The van der Waals surface area contributed by atoms with Gasteiger partial charge in [-0.2, -0.15) is 13.2 Å². The van der Waals surface area contributed by atoms with E-state index < -0.39 is 11.7 Å². The molecule has 1 aliphatic heterocycles. The molecule has 0 unspecified atom stereocenters. The van der Waals surface area contributed by atoms with Gasteiger partial charge in [-0.25, -0.2) is 0 Å². The zero-order chi connectivity index (χ0) is 22.2. The molecular weight excluding hydrogens is 405 g/mol. The van der Waals surface area contributed by atoms with Crippen LogP contribution in [0.2, 0.25) is 0 Å². The number of benzene rings is 2. The number of nitrogens with zero attached hydrogens (tertiary/aromatic N) is 2. The van der Waals surface area contributed by atoms with Crippen LogP contribution in [0.15, 0.2) is 55.1 Å². The van der Waals surface area contributed by atoms with Crippen LogP contribution in [-0.2, 0) is 17.4 Å². The number of carbonyl (C=O) groups is 2. The van der Waals surface area contributed by atoms with Crippen molar-refractivity contribution in [2.24, 2.45) is 5.92 Å². The van der Waals surface area contributed by atoms with Gasteiger partial charge < -0.3 is 9.80 Å². The van der Waals surface area contributed by atoms with E-state index in [0.717, 1.165) is 49.1 Å². The van der Waals surface area contributed by atoms with Crippen molar-refractivity contribution in [2.45, 2.75) is 31.9 Å². The number of halogens is 3. The highest BCUT2D eigenvalue weighted by molar-refractivity contribution is 6.07. The minimum absolute atomic E-state index is 0.195. The lowest BCUT2D eigenvalue weighted by molar-refractivity contribution is -0.137. The lowest BCUT2D eigenvalue weighted by Crippen LogP contribution is -2.35. The van der Waals surface area contributed by atoms with Gasteiger partial charge in [0.25, 0.3) is 5.91 Å². The van der Waals surface area contributed by atoms with Crippen molar-refractivity contribution in [1.82, 2.24) is 0 Å². The second-order valence-electron chi connectivity index (χ2n) is 8.05. The van der Waals surface area contributed by atoms with Crippen molar-refractivity contribution >= 4 is 23.2 Å². The van der Waals surface area contributed by atoms with E-state index in [4.69, 9.17) is 0 Å². The molecule has 0 N–H and O–H groups in total. The summed E-state index contributed by atoms with van der Waals surface area (Å²) in [7, 11) is 0. The number of aryl methyl sites for hydroxylation is 1. The average molecular weight is 428 g/mol. The van der Waals surface area contributed by atoms with E-state index in [1.165, 1.54) is 17.0 Å². The van der Waals surface area contributed by atoms with Gasteiger partial charge in [0.15, 0.2) is 0 Å². The van der Waals surface area contributed by atoms with Crippen LogP contribution in [-0.4, -0.2) is 24.9 Å². The van der Waals surface area contributed by atoms with Gasteiger partial charge in [0.2, 0.25) is 5.91 Å². The van der Waals surface area contributed by atoms with Crippen LogP contribution in [0, 0.1) is 5.92 Å². The van der Waals surface area contributed by atoms with Crippen LogP contribution in [0.4, 0.5) is 24.5 Å². The Kier molecular flexibility index (Phi) is 5.60. The topological polar surface area (TPSA) is 40.6 Å². The van der Waals surface area contributed by atoms with E-state index in [1.807, 2.05) is 0 Å². The van der Waals surface area contributed by atoms with Crippen LogP contribution >= 0.6 is 0 Å². The zero-order valence-corrected chi connectivity index (χ0v) is 17.0. The Bertz CT molecular complexity index is 1030. The first-order valence-corrected chi connectivity index (χ1v) is 10.3. The van der Waals surface area contributed by atoms with Gasteiger partial charge in [0.05, 0.1) is 5.56 Å². The minimum atomic E-state index is -4.47. The molecule has 0 aromatic heterocycles. The maximum absolute atomic E-state index is 13.4. The minimum Gasteiger partial charge on any atom is -0.309 e. The molecule has 1 saturated carbocycles. The molecule has 0 saturated heterocycles. The number of amides is 2. The van der Waals surface area contributed by atoms with Gasteiger partial charge in [0.1, 0.15) is 0 Å². The van der Waals surface area contributed by atoms with Crippen LogP contribution in [0.25, 0.3) is 0 Å². The van der Waals surface area contributed by atoms with Crippen molar-refractivity contribution in [2.75, 3.05) is 22.9 Å². The van der Waals surface area contributed by atoms with E-state index in [0.29, 0.717) is 24.6 Å². The Morgan fingerprint density at radius 1 is 1.16 bits per heavy atom. The summed E-state index contributed by atoms with van der Waals surface area (Å²) in [5, 5.41) is 0. The molecule has 0 bridgehead atoms. The quantitative estimate of drug-likeness (QED) is 0.612. The summed E-state index contributed by atoms with van der Waals surface area (Å²) in [5.74, 6) is -0.225. The normalized spacial score (nSPS) is 15.9. The molecule has 2 aliphatic rings. The van der Waals surface area contributed by atoms with Crippen molar-refractivity contribution < 1.29 is 22.8 Å². The summed E-state index contributed by atoms with van der Waals surface area (Å²) in [6.45, 7) is 4.51. The molecule has 1 fully saturated rings. The molecule has 2 aromatic carbocycles. The third kappa shape index (κ3) is 4.50. The second kappa shape index (κ2) is 8.21. The number of hydrogen-bond acceptors (Lipinski definition) is 2. The van der Waals surface area contributed by atoms with E-state index in [2.05, 4.69) is 6.58 Å². The Morgan fingerprint density at radius 2 is 1.94 bits per heavy atom. The lowest BCUT2D eigenvalue weighted by atomic mass is 9.98. The molecule has 0 spiro atoms. The molecule has 1 aliphatic carbocycles. The summed E-state index contributed by atoms with van der Waals surface area (Å²) in [5.41, 5.74) is 1.50. The fourth-order valence-corrected chi connectivity index (χ4v) is 3.94. The number of carbonyl (C=O) groups excluding carboxylic acids is 2. The third-order valence-electron chi connectivity index (χ3n) is 5.75. The van der Waals surface area contributed by atoms with E-state index >= 15 is 0 Å². The number of fused-ring (bicyclic) bond motifs is 1. The molecule has 31 heavy (non-hydrogen) atoms. The maximum Gasteiger partial charge on any atom is 0.416 e. The first kappa shape index (κ1) is 21.2. The molecule has 2 aromatic rings. The van der Waals surface area contributed by atoms with Crippen molar-refractivity contribution in [3.05, 3.63) is 71.8 Å². The van der Waals surface area contributed by atoms with Gasteiger partial charge in [0, 0.05) is 30.0 Å². The molecule has 2 amide bonds. The van der Waals surface area contributed by atoms with E-state index in [-0.39, 0.29) is 17.5 Å². The fourth-order valence-electron chi connectivity index (χ4n) is 3.94. The number of rotatable bonds is 5. The zero-order valence-electron chi connectivity index (χ0n) is 17.0. The van der Waals surface area contributed by atoms with Gasteiger partial charge in [-0.05, 0) is 79.6 Å². The smallest absolute Gasteiger partial charge is 0.309 e. The third-order valence-corrected chi connectivity index (χ3v) is 5.75. The SMILES string of the molecule is C=CC(=O)N1CCCc2cc(C(=O)N(CC3CC3)c3cccc(C(F)(F)F)c3)ccc21. The molecule has 4 rings (SSSR count). The Balaban J connectivity index is 1.67. The molecule has 4 nitrogen and oxygen atoms in total. The Morgan fingerprint density at radius 3 is 2.61 bits per heavy atom. The standard InChI is InChI=1S/C24H23F3N2O2/c1-2-22(30)28-12-4-5-17-13-18(10-11-21(17)28)23(31)29(15-16-8-9-16)20-7-3-6-19(14-20)24(25,26)27/h2-3,6-7,10-11,13-14,16H,1,4-5,8-9,12,15H2.